The Hall–Kier alpha value is -2.64. The van der Waals surface area contributed by atoms with E-state index in [2.05, 4.69) is 10.3 Å². The highest BCUT2D eigenvalue weighted by molar-refractivity contribution is 7.14. The number of hydrogen-bond acceptors (Lipinski definition) is 6. The number of nitrogens with zero attached hydrogens (tertiary/aromatic N) is 1. The lowest BCUT2D eigenvalue weighted by Crippen LogP contribution is -2.13. The first-order valence-electron chi connectivity index (χ1n) is 8.74. The summed E-state index contributed by atoms with van der Waals surface area (Å²) in [4.78, 5) is 29.2. The largest absolute Gasteiger partial charge is 0.495 e. The summed E-state index contributed by atoms with van der Waals surface area (Å²) in [6.45, 7) is 1.74. The second-order valence-corrected chi connectivity index (χ2v) is 7.74. The highest BCUT2D eigenvalue weighted by atomic mass is 35.5. The van der Waals surface area contributed by atoms with Gasteiger partial charge in [-0.05, 0) is 31.5 Å². The van der Waals surface area contributed by atoms with Crippen LogP contribution in [0, 0.1) is 6.92 Å². The molecule has 28 heavy (non-hydrogen) atoms. The van der Waals surface area contributed by atoms with Crippen LogP contribution in [0.5, 0.6) is 5.75 Å². The molecule has 0 atom stereocenters. The van der Waals surface area contributed by atoms with Gasteiger partial charge in [0.2, 0.25) is 0 Å². The van der Waals surface area contributed by atoms with Gasteiger partial charge in [0.05, 0.1) is 23.4 Å². The number of methoxy groups -OCH3 is 1. The highest BCUT2D eigenvalue weighted by Crippen LogP contribution is 2.33. The number of hydrogen-bond donors (Lipinski definition) is 1. The maximum Gasteiger partial charge on any atom is 0.293 e. The van der Waals surface area contributed by atoms with E-state index in [9.17, 15) is 9.59 Å². The van der Waals surface area contributed by atoms with Gasteiger partial charge in [0.15, 0.2) is 16.7 Å². The molecule has 1 N–H and O–H groups in total. The topological polar surface area (TPSA) is 81.4 Å². The number of thiazole rings is 1. The number of rotatable bonds is 4. The second-order valence-electron chi connectivity index (χ2n) is 6.47. The molecule has 0 aliphatic heterocycles. The van der Waals surface area contributed by atoms with Crippen molar-refractivity contribution < 1.29 is 18.7 Å². The van der Waals surface area contributed by atoms with Crippen LogP contribution in [0.15, 0.2) is 28.0 Å². The van der Waals surface area contributed by atoms with E-state index in [1.54, 1.807) is 26.2 Å². The molecule has 0 saturated carbocycles. The number of Topliss-reactive ketones (excluding diaryl/α,β-unsaturated/α-hetero) is 1. The summed E-state index contributed by atoms with van der Waals surface area (Å²) in [5, 5.41) is 5.51. The Bertz CT molecular complexity index is 1090. The van der Waals surface area contributed by atoms with Crippen molar-refractivity contribution in [2.45, 2.75) is 26.2 Å². The van der Waals surface area contributed by atoms with E-state index >= 15 is 0 Å². The number of amides is 1. The smallest absolute Gasteiger partial charge is 0.293 e. The van der Waals surface area contributed by atoms with E-state index in [0.29, 0.717) is 51.3 Å². The number of furan rings is 1. The maximum atomic E-state index is 12.7. The van der Waals surface area contributed by atoms with E-state index < -0.39 is 5.91 Å². The minimum atomic E-state index is -0.409. The van der Waals surface area contributed by atoms with Crippen LogP contribution in [0.25, 0.3) is 11.3 Å². The van der Waals surface area contributed by atoms with Gasteiger partial charge in [-0.1, -0.05) is 11.6 Å². The van der Waals surface area contributed by atoms with Crippen LogP contribution >= 0.6 is 22.9 Å². The zero-order valence-electron chi connectivity index (χ0n) is 15.3. The van der Waals surface area contributed by atoms with Crippen LogP contribution in [0.2, 0.25) is 5.02 Å². The predicted molar refractivity (Wildman–Crippen MR) is 108 cm³/mol. The Morgan fingerprint density at radius 1 is 1.36 bits per heavy atom. The van der Waals surface area contributed by atoms with E-state index in [4.69, 9.17) is 20.8 Å². The zero-order chi connectivity index (χ0) is 19.8. The summed E-state index contributed by atoms with van der Waals surface area (Å²) in [5.41, 5.74) is 2.66. The van der Waals surface area contributed by atoms with Gasteiger partial charge in [-0.3, -0.25) is 14.9 Å². The van der Waals surface area contributed by atoms with Gasteiger partial charge in [-0.2, -0.15) is 0 Å². The van der Waals surface area contributed by atoms with Crippen molar-refractivity contribution in [3.05, 3.63) is 51.2 Å². The predicted octanol–water partition coefficient (Wildman–Crippen LogP) is 5.14. The number of carbonyl (C=O) groups is 2. The lowest BCUT2D eigenvalue weighted by atomic mass is 9.94. The minimum absolute atomic E-state index is 0.0365. The first-order chi connectivity index (χ1) is 13.5. The molecule has 0 radical (unpaired) electrons. The van der Waals surface area contributed by atoms with Gasteiger partial charge in [0.25, 0.3) is 5.91 Å². The van der Waals surface area contributed by atoms with E-state index in [-0.39, 0.29) is 11.5 Å². The standard InChI is InChI=1S/C20H17ClN2O4S/c1-10-17-14(24)4-3-5-16(17)27-18(10)19(25)23-20-22-13(9-28-20)11-6-7-15(26-2)12(21)8-11/h6-9H,3-5H2,1-2H3,(H,22,23,25). The molecule has 0 spiro atoms. The fourth-order valence-electron chi connectivity index (χ4n) is 3.31. The molecule has 1 aliphatic rings. The molecule has 1 amide bonds. The number of aromatic nitrogens is 1. The van der Waals surface area contributed by atoms with Crippen molar-refractivity contribution in [3.8, 4) is 17.0 Å². The summed E-state index contributed by atoms with van der Waals surface area (Å²) in [5.74, 6) is 0.986. The number of halogens is 1. The molecule has 2 aromatic heterocycles. The van der Waals surface area contributed by atoms with Crippen molar-refractivity contribution in [2.75, 3.05) is 12.4 Å². The summed E-state index contributed by atoms with van der Waals surface area (Å²) in [6, 6.07) is 5.38. The molecule has 6 nitrogen and oxygen atoms in total. The fourth-order valence-corrected chi connectivity index (χ4v) is 4.28. The number of ether oxygens (including phenoxy) is 1. The summed E-state index contributed by atoms with van der Waals surface area (Å²) in [6.07, 6.45) is 1.92. The number of aryl methyl sites for hydroxylation is 1. The number of carbonyl (C=O) groups excluding carboxylic acids is 2. The number of ketones is 1. The van der Waals surface area contributed by atoms with Gasteiger partial charge in [0, 0.05) is 29.3 Å². The fraction of sp³-hybridized carbons (Fsp3) is 0.250. The third-order valence-electron chi connectivity index (χ3n) is 4.68. The SMILES string of the molecule is COc1ccc(-c2csc(NC(=O)c3oc4c(c3C)C(=O)CCC4)n2)cc1Cl. The molecule has 8 heteroatoms. The van der Waals surface area contributed by atoms with Crippen LogP contribution in [0.3, 0.4) is 0 Å². The number of nitrogens with one attached hydrogen (secondary N) is 1. The van der Waals surface area contributed by atoms with Crippen molar-refractivity contribution in [2.24, 2.45) is 0 Å². The van der Waals surface area contributed by atoms with E-state index in [0.717, 1.165) is 12.0 Å². The first-order valence-corrected chi connectivity index (χ1v) is 10.00. The molecule has 0 fully saturated rings. The number of benzene rings is 1. The summed E-state index contributed by atoms with van der Waals surface area (Å²) >= 11 is 7.47. The normalized spacial score (nSPS) is 13.3. The number of fused-ring (bicyclic) bond motifs is 1. The lowest BCUT2D eigenvalue weighted by molar-refractivity contribution is 0.0963. The Morgan fingerprint density at radius 2 is 2.18 bits per heavy atom. The average Bonchev–Trinajstić information content (AvgIpc) is 3.27. The maximum absolute atomic E-state index is 12.7. The molecule has 3 aromatic rings. The van der Waals surface area contributed by atoms with Crippen molar-refractivity contribution in [3.63, 3.8) is 0 Å². The van der Waals surface area contributed by atoms with Crippen LogP contribution in [-0.4, -0.2) is 23.8 Å². The van der Waals surface area contributed by atoms with Gasteiger partial charge in [0.1, 0.15) is 11.5 Å². The van der Waals surface area contributed by atoms with Gasteiger partial charge in [-0.25, -0.2) is 4.98 Å². The lowest BCUT2D eigenvalue weighted by Gasteiger charge is -2.07. The van der Waals surface area contributed by atoms with Crippen LogP contribution in [-0.2, 0) is 6.42 Å². The summed E-state index contributed by atoms with van der Waals surface area (Å²) < 4.78 is 10.8. The van der Waals surface area contributed by atoms with Crippen molar-refractivity contribution >= 4 is 39.8 Å². The highest BCUT2D eigenvalue weighted by Gasteiger charge is 2.29. The molecule has 0 saturated heterocycles. The molecule has 1 aromatic carbocycles. The van der Waals surface area contributed by atoms with Gasteiger partial charge < -0.3 is 9.15 Å². The Labute approximate surface area is 170 Å². The minimum Gasteiger partial charge on any atom is -0.495 e. The Kier molecular flexibility index (Phi) is 4.95. The molecular weight excluding hydrogens is 400 g/mol. The molecule has 2 heterocycles. The second kappa shape index (κ2) is 7.41. The van der Waals surface area contributed by atoms with Crippen molar-refractivity contribution in [1.82, 2.24) is 4.98 Å². The third-order valence-corrected chi connectivity index (χ3v) is 5.74. The van der Waals surface area contributed by atoms with Gasteiger partial charge >= 0.3 is 0 Å². The molecule has 0 bridgehead atoms. The monoisotopic (exact) mass is 416 g/mol. The Morgan fingerprint density at radius 3 is 2.89 bits per heavy atom. The quantitative estimate of drug-likeness (QED) is 0.636. The van der Waals surface area contributed by atoms with E-state index in [1.807, 2.05) is 11.4 Å². The molecule has 0 unspecified atom stereocenters. The van der Waals surface area contributed by atoms with Crippen molar-refractivity contribution in [1.29, 1.82) is 0 Å². The zero-order valence-corrected chi connectivity index (χ0v) is 16.9. The average molecular weight is 417 g/mol. The third kappa shape index (κ3) is 3.31. The molecule has 1 aliphatic carbocycles. The van der Waals surface area contributed by atoms with Crippen LogP contribution < -0.4 is 10.1 Å². The molecule has 4 rings (SSSR count). The van der Waals surface area contributed by atoms with E-state index in [1.165, 1.54) is 11.3 Å². The first kappa shape index (κ1) is 18.7. The molecular formula is C20H17ClN2O4S. The number of anilines is 1. The molecule has 144 valence electrons. The summed E-state index contributed by atoms with van der Waals surface area (Å²) in [7, 11) is 1.55. The van der Waals surface area contributed by atoms with Gasteiger partial charge in [-0.15, -0.1) is 11.3 Å². The van der Waals surface area contributed by atoms with Crippen LogP contribution in [0.1, 0.15) is 45.1 Å². The van der Waals surface area contributed by atoms with Crippen LogP contribution in [0.4, 0.5) is 5.13 Å². The Balaban J connectivity index is 1.55.